The molecule has 0 radical (unpaired) electrons. The average molecular weight is 552 g/mol. The Kier molecular flexibility index (Phi) is 9.48. The van der Waals surface area contributed by atoms with Crippen LogP contribution in [0.3, 0.4) is 0 Å². The van der Waals surface area contributed by atoms with Crippen LogP contribution in [0.1, 0.15) is 24.2 Å². The van der Waals surface area contributed by atoms with Crippen LogP contribution < -0.4 is 15.4 Å². The third-order valence-electron chi connectivity index (χ3n) is 5.44. The van der Waals surface area contributed by atoms with E-state index in [1.165, 1.54) is 30.6 Å². The number of carbonyl (C=O) groups excluding carboxylic acids is 2. The van der Waals surface area contributed by atoms with Crippen molar-refractivity contribution in [3.8, 4) is 22.8 Å². The van der Waals surface area contributed by atoms with Crippen LogP contribution in [0.15, 0.2) is 48.8 Å². The number of alkyl halides is 3. The van der Waals surface area contributed by atoms with Gasteiger partial charge in [0.15, 0.2) is 5.75 Å². The number of amides is 1. The summed E-state index contributed by atoms with van der Waals surface area (Å²) in [5.74, 6) is -3.90. The zero-order valence-electron chi connectivity index (χ0n) is 20.5. The first-order valence-corrected chi connectivity index (χ1v) is 11.9. The Hall–Kier alpha value is -3.90. The third-order valence-corrected chi connectivity index (χ3v) is 5.75. The standard InChI is InChI=1S/C25H25ClF3N5O4/c1-3-34(4-2)12-11-31-23(36)17-9-10-18(26)21(22(17)38-24(37)25(27,28)29)33-20-14-30-13-19(32-20)15-5-7-16(35)8-6-15/h5-10,13-14,35H,3-4,11-12H2,1-2H3,(H,31,36)(H,32,33). The van der Waals surface area contributed by atoms with Crippen molar-refractivity contribution in [3.05, 3.63) is 59.4 Å². The number of phenolic OH excluding ortho intramolecular Hbond substituents is 1. The highest BCUT2D eigenvalue weighted by Crippen LogP contribution is 2.39. The number of hydrogen-bond acceptors (Lipinski definition) is 8. The highest BCUT2D eigenvalue weighted by molar-refractivity contribution is 6.34. The van der Waals surface area contributed by atoms with Crippen molar-refractivity contribution in [1.29, 1.82) is 0 Å². The Morgan fingerprint density at radius 1 is 1.08 bits per heavy atom. The van der Waals surface area contributed by atoms with Crippen LogP contribution in [0, 0.1) is 0 Å². The minimum absolute atomic E-state index is 0.0425. The van der Waals surface area contributed by atoms with Gasteiger partial charge in [-0.25, -0.2) is 9.78 Å². The second-order valence-corrected chi connectivity index (χ2v) is 8.34. The summed E-state index contributed by atoms with van der Waals surface area (Å²) in [7, 11) is 0. The fourth-order valence-corrected chi connectivity index (χ4v) is 3.59. The summed E-state index contributed by atoms with van der Waals surface area (Å²) in [5.41, 5.74) is 0.342. The van der Waals surface area contributed by atoms with Crippen LogP contribution in [0.5, 0.6) is 11.5 Å². The van der Waals surface area contributed by atoms with Crippen LogP contribution in [0.2, 0.25) is 5.02 Å². The first-order valence-electron chi connectivity index (χ1n) is 11.5. The van der Waals surface area contributed by atoms with Crippen LogP contribution in [-0.4, -0.2) is 64.2 Å². The van der Waals surface area contributed by atoms with E-state index >= 15 is 0 Å². The van der Waals surface area contributed by atoms with Crippen molar-refractivity contribution in [3.63, 3.8) is 0 Å². The van der Waals surface area contributed by atoms with Crippen molar-refractivity contribution in [1.82, 2.24) is 20.2 Å². The van der Waals surface area contributed by atoms with Gasteiger partial charge in [0, 0.05) is 18.7 Å². The Labute approximate surface area is 221 Å². The molecule has 1 amide bonds. The number of aromatic nitrogens is 2. The largest absolute Gasteiger partial charge is 0.508 e. The lowest BCUT2D eigenvalue weighted by Crippen LogP contribution is -2.35. The second kappa shape index (κ2) is 12.6. The second-order valence-electron chi connectivity index (χ2n) is 7.93. The van der Waals surface area contributed by atoms with Crippen LogP contribution in [0.25, 0.3) is 11.3 Å². The minimum Gasteiger partial charge on any atom is -0.508 e. The lowest BCUT2D eigenvalue weighted by molar-refractivity contribution is -0.189. The SMILES string of the molecule is CCN(CC)CCNC(=O)c1ccc(Cl)c(Nc2cncc(-c3ccc(O)cc3)n2)c1OC(=O)C(F)(F)F. The molecule has 0 atom stereocenters. The summed E-state index contributed by atoms with van der Waals surface area (Å²) in [5, 5.41) is 14.7. The van der Waals surface area contributed by atoms with E-state index < -0.39 is 23.8 Å². The molecule has 0 bridgehead atoms. The van der Waals surface area contributed by atoms with Crippen molar-refractivity contribution >= 4 is 35.0 Å². The molecule has 3 rings (SSSR count). The van der Waals surface area contributed by atoms with E-state index in [1.807, 2.05) is 18.7 Å². The van der Waals surface area contributed by atoms with Crippen molar-refractivity contribution in [2.75, 3.05) is 31.5 Å². The number of nitrogens with one attached hydrogen (secondary N) is 2. The van der Waals surface area contributed by atoms with Gasteiger partial charge in [-0.3, -0.25) is 9.78 Å². The fraction of sp³-hybridized carbons (Fsp3) is 0.280. The van der Waals surface area contributed by atoms with Gasteiger partial charge in [-0.15, -0.1) is 0 Å². The first kappa shape index (κ1) is 28.7. The molecule has 38 heavy (non-hydrogen) atoms. The molecular formula is C25H25ClF3N5O4. The summed E-state index contributed by atoms with van der Waals surface area (Å²) >= 11 is 6.26. The number of likely N-dealkylation sites (N-methyl/N-ethyl adjacent to an activating group) is 1. The summed E-state index contributed by atoms with van der Waals surface area (Å²) in [6.45, 7) is 6.13. The smallest absolute Gasteiger partial charge is 0.491 e. The van der Waals surface area contributed by atoms with E-state index in [0.29, 0.717) is 17.8 Å². The molecule has 0 saturated carbocycles. The Morgan fingerprint density at radius 3 is 2.39 bits per heavy atom. The maximum atomic E-state index is 13.1. The monoisotopic (exact) mass is 551 g/mol. The van der Waals surface area contributed by atoms with E-state index in [0.717, 1.165) is 19.2 Å². The quantitative estimate of drug-likeness (QED) is 0.243. The van der Waals surface area contributed by atoms with Gasteiger partial charge in [-0.05, 0) is 49.5 Å². The number of esters is 1. The number of benzene rings is 2. The highest BCUT2D eigenvalue weighted by atomic mass is 35.5. The number of halogens is 4. The summed E-state index contributed by atoms with van der Waals surface area (Å²) < 4.78 is 43.9. The number of aromatic hydroxyl groups is 1. The van der Waals surface area contributed by atoms with E-state index in [4.69, 9.17) is 11.6 Å². The van der Waals surface area contributed by atoms with Crippen molar-refractivity contribution < 1.29 is 32.6 Å². The molecule has 1 aromatic heterocycles. The molecule has 0 aliphatic heterocycles. The molecule has 0 spiro atoms. The molecule has 1 heterocycles. The number of anilines is 2. The van der Waals surface area contributed by atoms with E-state index in [2.05, 4.69) is 25.3 Å². The molecule has 0 aliphatic rings. The fourth-order valence-electron chi connectivity index (χ4n) is 3.40. The predicted octanol–water partition coefficient (Wildman–Crippen LogP) is 4.79. The molecule has 0 aliphatic carbocycles. The van der Waals surface area contributed by atoms with Crippen molar-refractivity contribution in [2.24, 2.45) is 0 Å². The summed E-state index contributed by atoms with van der Waals surface area (Å²) in [4.78, 5) is 35.1. The van der Waals surface area contributed by atoms with Gasteiger partial charge in [-0.2, -0.15) is 13.2 Å². The topological polar surface area (TPSA) is 117 Å². The van der Waals surface area contributed by atoms with Gasteiger partial charge in [0.2, 0.25) is 0 Å². The number of nitrogens with zero attached hydrogens (tertiary/aromatic N) is 3. The Morgan fingerprint density at radius 2 is 1.76 bits per heavy atom. The molecule has 2 aromatic carbocycles. The van der Waals surface area contributed by atoms with Crippen molar-refractivity contribution in [2.45, 2.75) is 20.0 Å². The first-order chi connectivity index (χ1) is 18.0. The molecule has 13 heteroatoms. The van der Waals surface area contributed by atoms with Gasteiger partial charge >= 0.3 is 12.1 Å². The molecular weight excluding hydrogens is 527 g/mol. The number of hydrogen-bond donors (Lipinski definition) is 3. The molecule has 0 saturated heterocycles. The molecule has 202 valence electrons. The minimum atomic E-state index is -5.32. The van der Waals surface area contributed by atoms with Gasteiger partial charge in [0.1, 0.15) is 17.3 Å². The summed E-state index contributed by atoms with van der Waals surface area (Å²) in [6.07, 6.45) is -2.62. The van der Waals surface area contributed by atoms with E-state index in [9.17, 15) is 27.9 Å². The lowest BCUT2D eigenvalue weighted by Gasteiger charge is -2.20. The van der Waals surface area contributed by atoms with Crippen LogP contribution in [-0.2, 0) is 4.79 Å². The maximum absolute atomic E-state index is 13.1. The zero-order chi connectivity index (χ0) is 27.9. The lowest BCUT2D eigenvalue weighted by atomic mass is 10.1. The Balaban J connectivity index is 1.97. The van der Waals surface area contributed by atoms with Gasteiger partial charge in [0.05, 0.1) is 28.7 Å². The maximum Gasteiger partial charge on any atom is 0.491 e. The molecule has 3 aromatic rings. The molecule has 3 N–H and O–H groups in total. The third kappa shape index (κ3) is 7.33. The molecule has 0 fully saturated rings. The number of phenols is 1. The van der Waals surface area contributed by atoms with Gasteiger partial charge in [0.25, 0.3) is 5.91 Å². The summed E-state index contributed by atoms with van der Waals surface area (Å²) in [6, 6.07) is 8.53. The van der Waals surface area contributed by atoms with E-state index in [-0.39, 0.29) is 34.4 Å². The van der Waals surface area contributed by atoms with Crippen LogP contribution >= 0.6 is 11.6 Å². The highest BCUT2D eigenvalue weighted by Gasteiger charge is 2.42. The van der Waals surface area contributed by atoms with Gasteiger partial charge in [-0.1, -0.05) is 25.4 Å². The molecule has 9 nitrogen and oxygen atoms in total. The normalized spacial score (nSPS) is 11.3. The zero-order valence-corrected chi connectivity index (χ0v) is 21.2. The van der Waals surface area contributed by atoms with E-state index in [1.54, 1.807) is 12.1 Å². The predicted molar refractivity (Wildman–Crippen MR) is 136 cm³/mol. The Bertz CT molecular complexity index is 1280. The number of ether oxygens (including phenoxy) is 1. The van der Waals surface area contributed by atoms with Crippen LogP contribution in [0.4, 0.5) is 24.7 Å². The molecule has 0 unspecified atom stereocenters. The number of carbonyl (C=O) groups is 2. The average Bonchev–Trinajstić information content (AvgIpc) is 2.88. The van der Waals surface area contributed by atoms with Gasteiger partial charge < -0.3 is 25.4 Å². The number of rotatable bonds is 10.